The van der Waals surface area contributed by atoms with Crippen LogP contribution in [-0.2, 0) is 4.79 Å². The van der Waals surface area contributed by atoms with Crippen molar-refractivity contribution in [2.75, 3.05) is 20.8 Å². The summed E-state index contributed by atoms with van der Waals surface area (Å²) in [5.41, 5.74) is 6.20. The zero-order valence-corrected chi connectivity index (χ0v) is 11.7. The van der Waals surface area contributed by atoms with Gasteiger partial charge in [-0.25, -0.2) is 0 Å². The maximum absolute atomic E-state index is 11.2. The van der Waals surface area contributed by atoms with Crippen molar-refractivity contribution in [1.82, 2.24) is 5.32 Å². The number of carbonyl (C=O) groups is 1. The van der Waals surface area contributed by atoms with Crippen LogP contribution in [0.2, 0.25) is 0 Å². The van der Waals surface area contributed by atoms with Crippen LogP contribution >= 0.6 is 0 Å². The van der Waals surface area contributed by atoms with E-state index in [1.165, 1.54) is 0 Å². The van der Waals surface area contributed by atoms with Crippen LogP contribution in [0.5, 0.6) is 11.5 Å². The summed E-state index contributed by atoms with van der Waals surface area (Å²) in [4.78, 5) is 11.2. The molecule has 5 heteroatoms. The molecule has 0 aromatic heterocycles. The van der Waals surface area contributed by atoms with Crippen molar-refractivity contribution in [2.45, 2.75) is 25.8 Å². The van der Waals surface area contributed by atoms with Gasteiger partial charge in [0.2, 0.25) is 5.91 Å². The van der Waals surface area contributed by atoms with Crippen LogP contribution < -0.4 is 20.5 Å². The van der Waals surface area contributed by atoms with Crippen LogP contribution in [0.3, 0.4) is 0 Å². The van der Waals surface area contributed by atoms with Gasteiger partial charge in [-0.1, -0.05) is 6.92 Å². The molecule has 3 N–H and O–H groups in total. The van der Waals surface area contributed by atoms with E-state index in [4.69, 9.17) is 15.2 Å². The molecular weight excluding hydrogens is 244 g/mol. The molecule has 1 amide bonds. The summed E-state index contributed by atoms with van der Waals surface area (Å²) in [6.07, 6.45) is 1.20. The Bertz CT molecular complexity index is 421. The first-order valence-electron chi connectivity index (χ1n) is 6.36. The third-order valence-corrected chi connectivity index (χ3v) is 2.86. The average Bonchev–Trinajstić information content (AvgIpc) is 2.42. The van der Waals surface area contributed by atoms with Crippen LogP contribution in [0, 0.1) is 0 Å². The molecule has 0 aliphatic rings. The minimum atomic E-state index is -0.349. The molecule has 1 aromatic carbocycles. The lowest BCUT2D eigenvalue weighted by Crippen LogP contribution is -2.27. The number of methoxy groups -OCH3 is 2. The number of hydrogen-bond acceptors (Lipinski definition) is 4. The SMILES string of the molecule is CCCNC(CC(N)=O)c1cc(OC)ccc1OC. The summed E-state index contributed by atoms with van der Waals surface area (Å²) in [5.74, 6) is 1.10. The van der Waals surface area contributed by atoms with Gasteiger partial charge in [0, 0.05) is 18.0 Å². The topological polar surface area (TPSA) is 73.6 Å². The lowest BCUT2D eigenvalue weighted by molar-refractivity contribution is -0.118. The molecule has 0 aliphatic carbocycles. The average molecular weight is 266 g/mol. The second-order valence-corrected chi connectivity index (χ2v) is 4.29. The summed E-state index contributed by atoms with van der Waals surface area (Å²) >= 11 is 0. The first-order chi connectivity index (χ1) is 9.12. The number of nitrogens with one attached hydrogen (secondary N) is 1. The minimum Gasteiger partial charge on any atom is -0.497 e. The third-order valence-electron chi connectivity index (χ3n) is 2.86. The summed E-state index contributed by atoms with van der Waals surface area (Å²) in [7, 11) is 3.21. The Labute approximate surface area is 114 Å². The number of primary amides is 1. The summed E-state index contributed by atoms with van der Waals surface area (Å²) < 4.78 is 10.6. The Morgan fingerprint density at radius 1 is 1.37 bits per heavy atom. The molecule has 1 atom stereocenters. The molecule has 1 unspecified atom stereocenters. The van der Waals surface area contributed by atoms with Gasteiger partial charge in [-0.3, -0.25) is 4.79 Å². The largest absolute Gasteiger partial charge is 0.497 e. The molecule has 5 nitrogen and oxygen atoms in total. The predicted molar refractivity (Wildman–Crippen MR) is 74.4 cm³/mol. The molecule has 0 saturated heterocycles. The van der Waals surface area contributed by atoms with Crippen LogP contribution in [-0.4, -0.2) is 26.7 Å². The second kappa shape index (κ2) is 7.63. The van der Waals surface area contributed by atoms with Crippen molar-refractivity contribution < 1.29 is 14.3 Å². The van der Waals surface area contributed by atoms with Crippen molar-refractivity contribution >= 4 is 5.91 Å². The molecule has 1 aromatic rings. The van der Waals surface area contributed by atoms with Gasteiger partial charge >= 0.3 is 0 Å². The fourth-order valence-corrected chi connectivity index (χ4v) is 1.92. The van der Waals surface area contributed by atoms with E-state index in [0.717, 1.165) is 30.0 Å². The highest BCUT2D eigenvalue weighted by Gasteiger charge is 2.18. The zero-order chi connectivity index (χ0) is 14.3. The number of amides is 1. The van der Waals surface area contributed by atoms with Gasteiger partial charge in [-0.2, -0.15) is 0 Å². The van der Waals surface area contributed by atoms with Crippen molar-refractivity contribution in [3.63, 3.8) is 0 Å². The van der Waals surface area contributed by atoms with Crippen LogP contribution in [0.15, 0.2) is 18.2 Å². The van der Waals surface area contributed by atoms with E-state index >= 15 is 0 Å². The molecule has 0 fully saturated rings. The van der Waals surface area contributed by atoms with E-state index in [0.29, 0.717) is 0 Å². The van der Waals surface area contributed by atoms with Gasteiger partial charge < -0.3 is 20.5 Å². The molecule has 0 bridgehead atoms. The molecule has 0 aliphatic heterocycles. The van der Waals surface area contributed by atoms with E-state index in [2.05, 4.69) is 12.2 Å². The van der Waals surface area contributed by atoms with Gasteiger partial charge in [0.1, 0.15) is 11.5 Å². The normalized spacial score (nSPS) is 11.9. The van der Waals surface area contributed by atoms with E-state index in [1.54, 1.807) is 14.2 Å². The van der Waals surface area contributed by atoms with Crippen LogP contribution in [0.4, 0.5) is 0 Å². The number of hydrogen-bond donors (Lipinski definition) is 2. The van der Waals surface area contributed by atoms with Gasteiger partial charge in [0.25, 0.3) is 0 Å². The Kier molecular flexibility index (Phi) is 6.15. The van der Waals surface area contributed by atoms with Gasteiger partial charge in [-0.05, 0) is 31.2 Å². The maximum Gasteiger partial charge on any atom is 0.219 e. The minimum absolute atomic E-state index is 0.164. The highest BCUT2D eigenvalue weighted by Crippen LogP contribution is 2.30. The fraction of sp³-hybridized carbons (Fsp3) is 0.500. The Morgan fingerprint density at radius 2 is 2.11 bits per heavy atom. The van der Waals surface area contributed by atoms with Crippen molar-refractivity contribution in [2.24, 2.45) is 5.73 Å². The van der Waals surface area contributed by atoms with E-state index < -0.39 is 0 Å². The molecule has 106 valence electrons. The Balaban J connectivity index is 3.06. The maximum atomic E-state index is 11.2. The highest BCUT2D eigenvalue weighted by molar-refractivity contribution is 5.75. The number of rotatable bonds is 8. The highest BCUT2D eigenvalue weighted by atomic mass is 16.5. The van der Waals surface area contributed by atoms with Crippen molar-refractivity contribution in [3.8, 4) is 11.5 Å². The standard InChI is InChI=1S/C14H22N2O3/c1-4-7-16-12(9-14(15)17)11-8-10(18-2)5-6-13(11)19-3/h5-6,8,12,16H,4,7,9H2,1-3H3,(H2,15,17). The van der Waals surface area contributed by atoms with E-state index in [-0.39, 0.29) is 18.4 Å². The van der Waals surface area contributed by atoms with Crippen molar-refractivity contribution in [1.29, 1.82) is 0 Å². The van der Waals surface area contributed by atoms with Gasteiger partial charge in [0.05, 0.1) is 14.2 Å². The van der Waals surface area contributed by atoms with Crippen LogP contribution in [0.25, 0.3) is 0 Å². The quantitative estimate of drug-likeness (QED) is 0.750. The van der Waals surface area contributed by atoms with Gasteiger partial charge in [-0.15, -0.1) is 0 Å². The first-order valence-corrected chi connectivity index (χ1v) is 6.36. The fourth-order valence-electron chi connectivity index (χ4n) is 1.92. The molecule has 1 rings (SSSR count). The number of nitrogens with two attached hydrogens (primary N) is 1. The smallest absolute Gasteiger partial charge is 0.219 e. The Morgan fingerprint density at radius 3 is 2.63 bits per heavy atom. The summed E-state index contributed by atoms with van der Waals surface area (Å²) in [6, 6.07) is 5.36. The molecule has 19 heavy (non-hydrogen) atoms. The summed E-state index contributed by atoms with van der Waals surface area (Å²) in [5, 5.41) is 3.31. The van der Waals surface area contributed by atoms with E-state index in [9.17, 15) is 4.79 Å². The zero-order valence-electron chi connectivity index (χ0n) is 11.7. The second-order valence-electron chi connectivity index (χ2n) is 4.29. The number of carbonyl (C=O) groups excluding carboxylic acids is 1. The van der Waals surface area contributed by atoms with Gasteiger partial charge in [0.15, 0.2) is 0 Å². The molecule has 0 radical (unpaired) electrons. The molecule has 0 heterocycles. The number of ether oxygens (including phenoxy) is 2. The Hall–Kier alpha value is -1.75. The third kappa shape index (κ3) is 4.44. The van der Waals surface area contributed by atoms with Crippen LogP contribution in [0.1, 0.15) is 31.4 Å². The lowest BCUT2D eigenvalue weighted by atomic mass is 10.0. The molecular formula is C14H22N2O3. The van der Waals surface area contributed by atoms with E-state index in [1.807, 2.05) is 18.2 Å². The van der Waals surface area contributed by atoms with Crippen molar-refractivity contribution in [3.05, 3.63) is 23.8 Å². The summed E-state index contributed by atoms with van der Waals surface area (Å²) in [6.45, 7) is 2.87. The number of benzene rings is 1. The molecule has 0 spiro atoms. The lowest BCUT2D eigenvalue weighted by Gasteiger charge is -2.20. The monoisotopic (exact) mass is 266 g/mol. The molecule has 0 saturated carbocycles. The predicted octanol–water partition coefficient (Wildman–Crippen LogP) is 1.62. The first kappa shape index (κ1) is 15.3.